The second-order valence-corrected chi connectivity index (χ2v) is 3.34. The molecule has 76 valence electrons. The van der Waals surface area contributed by atoms with Gasteiger partial charge in [0, 0.05) is 29.3 Å². The zero-order valence-electron chi connectivity index (χ0n) is 8.64. The quantitative estimate of drug-likeness (QED) is 0.695. The van der Waals surface area contributed by atoms with Crippen molar-refractivity contribution in [2.24, 2.45) is 0 Å². The first-order valence-electron chi connectivity index (χ1n) is 4.64. The van der Waals surface area contributed by atoms with Crippen molar-refractivity contribution in [3.05, 3.63) is 41.6 Å². The van der Waals surface area contributed by atoms with Gasteiger partial charge in [-0.3, -0.25) is 9.78 Å². The number of carbonyl (C=O) groups is 1. The molecule has 0 radical (unpaired) electrons. The number of rotatable bonds is 2. The fourth-order valence-electron chi connectivity index (χ4n) is 1.67. The number of aromatic nitrogens is 3. The van der Waals surface area contributed by atoms with Crippen molar-refractivity contribution in [1.82, 2.24) is 14.5 Å². The molecule has 0 amide bonds. The lowest BCUT2D eigenvalue weighted by Crippen LogP contribution is -2.02. The molecule has 0 saturated carbocycles. The summed E-state index contributed by atoms with van der Waals surface area (Å²) < 4.78 is 1.91. The van der Waals surface area contributed by atoms with Crippen molar-refractivity contribution in [1.29, 1.82) is 0 Å². The van der Waals surface area contributed by atoms with Gasteiger partial charge in [0.25, 0.3) is 0 Å². The van der Waals surface area contributed by atoms with Crippen LogP contribution in [-0.4, -0.2) is 20.8 Å². The Kier molecular flexibility index (Phi) is 2.33. The molecule has 0 saturated heterocycles. The van der Waals surface area contributed by atoms with Gasteiger partial charge in [0.05, 0.1) is 6.20 Å². The molecule has 0 spiro atoms. The molecule has 15 heavy (non-hydrogen) atoms. The Hall–Kier alpha value is -1.97. The molecular weight excluding hydrogens is 190 g/mol. The third-order valence-electron chi connectivity index (χ3n) is 2.38. The Labute approximate surface area is 87.6 Å². The summed E-state index contributed by atoms with van der Waals surface area (Å²) in [5.74, 6) is 0.737. The molecular formula is C11H11N3O. The summed E-state index contributed by atoms with van der Waals surface area (Å²) in [6.07, 6.45) is 5.79. The molecule has 0 aliphatic heterocycles. The van der Waals surface area contributed by atoms with Crippen molar-refractivity contribution in [3.63, 3.8) is 0 Å². The van der Waals surface area contributed by atoms with E-state index in [9.17, 15) is 4.79 Å². The van der Waals surface area contributed by atoms with Crippen LogP contribution in [0, 0.1) is 13.8 Å². The zero-order chi connectivity index (χ0) is 10.8. The third-order valence-corrected chi connectivity index (χ3v) is 2.38. The van der Waals surface area contributed by atoms with E-state index >= 15 is 0 Å². The molecule has 0 aromatic carbocycles. The van der Waals surface area contributed by atoms with Crippen LogP contribution in [0.5, 0.6) is 0 Å². The molecule has 2 rings (SSSR count). The van der Waals surface area contributed by atoms with E-state index in [2.05, 4.69) is 9.97 Å². The molecule has 2 heterocycles. The van der Waals surface area contributed by atoms with E-state index in [1.807, 2.05) is 24.5 Å². The Balaban J connectivity index is 2.63. The van der Waals surface area contributed by atoms with Crippen LogP contribution in [0.2, 0.25) is 0 Å². The van der Waals surface area contributed by atoms with E-state index in [4.69, 9.17) is 0 Å². The number of hydrogen-bond donors (Lipinski definition) is 0. The summed E-state index contributed by atoms with van der Waals surface area (Å²) >= 11 is 0. The zero-order valence-corrected chi connectivity index (χ0v) is 8.64. The molecule has 4 nitrogen and oxygen atoms in total. The monoisotopic (exact) mass is 201 g/mol. The Morgan fingerprint density at radius 1 is 1.33 bits per heavy atom. The molecule has 0 aliphatic carbocycles. The van der Waals surface area contributed by atoms with E-state index in [-0.39, 0.29) is 0 Å². The second-order valence-electron chi connectivity index (χ2n) is 3.34. The first kappa shape index (κ1) is 9.58. The van der Waals surface area contributed by atoms with Crippen LogP contribution in [0.3, 0.4) is 0 Å². The predicted molar refractivity (Wildman–Crippen MR) is 56.2 cm³/mol. The number of carbonyl (C=O) groups excluding carboxylic acids is 1. The number of aldehydes is 1. The predicted octanol–water partition coefficient (Wildman–Crippen LogP) is 1.70. The van der Waals surface area contributed by atoms with Crippen molar-refractivity contribution in [3.8, 4) is 5.82 Å². The van der Waals surface area contributed by atoms with Gasteiger partial charge in [-0.1, -0.05) is 0 Å². The average molecular weight is 201 g/mol. The normalized spacial score (nSPS) is 10.3. The lowest BCUT2D eigenvalue weighted by Gasteiger charge is -2.06. The highest BCUT2D eigenvalue weighted by Crippen LogP contribution is 2.16. The Morgan fingerprint density at radius 2 is 2.13 bits per heavy atom. The van der Waals surface area contributed by atoms with Gasteiger partial charge in [-0.05, 0) is 19.9 Å². The van der Waals surface area contributed by atoms with Crippen LogP contribution in [0.25, 0.3) is 5.82 Å². The van der Waals surface area contributed by atoms with Crippen LogP contribution >= 0.6 is 0 Å². The molecule has 0 fully saturated rings. The van der Waals surface area contributed by atoms with Crippen LogP contribution in [0.1, 0.15) is 21.7 Å². The van der Waals surface area contributed by atoms with Gasteiger partial charge >= 0.3 is 0 Å². The minimum absolute atomic E-state index is 0.693. The van der Waals surface area contributed by atoms with Gasteiger partial charge in [-0.2, -0.15) is 0 Å². The fraction of sp³-hybridized carbons (Fsp3) is 0.182. The molecule has 0 unspecified atom stereocenters. The molecule has 2 aromatic heterocycles. The van der Waals surface area contributed by atoms with Gasteiger partial charge in [0.15, 0.2) is 12.1 Å². The van der Waals surface area contributed by atoms with Crippen LogP contribution in [0.15, 0.2) is 24.7 Å². The highest BCUT2D eigenvalue weighted by Gasteiger charge is 2.10. The van der Waals surface area contributed by atoms with Crippen molar-refractivity contribution in [2.45, 2.75) is 13.8 Å². The van der Waals surface area contributed by atoms with Gasteiger partial charge in [0.2, 0.25) is 0 Å². The Morgan fingerprint density at radius 3 is 2.67 bits per heavy atom. The summed E-state index contributed by atoms with van der Waals surface area (Å²) in [5, 5.41) is 0. The second kappa shape index (κ2) is 3.65. The van der Waals surface area contributed by atoms with Crippen LogP contribution in [0.4, 0.5) is 0 Å². The van der Waals surface area contributed by atoms with Crippen molar-refractivity contribution < 1.29 is 4.79 Å². The summed E-state index contributed by atoms with van der Waals surface area (Å²) in [5.41, 5.74) is 2.57. The average Bonchev–Trinajstić information content (AvgIpc) is 2.55. The fourth-order valence-corrected chi connectivity index (χ4v) is 1.67. The van der Waals surface area contributed by atoms with Gasteiger partial charge in [-0.25, -0.2) is 4.98 Å². The molecule has 0 aliphatic rings. The highest BCUT2D eigenvalue weighted by molar-refractivity contribution is 5.77. The number of aryl methyl sites for hydroxylation is 1. The summed E-state index contributed by atoms with van der Waals surface area (Å²) in [4.78, 5) is 19.0. The minimum Gasteiger partial charge on any atom is -0.301 e. The summed E-state index contributed by atoms with van der Waals surface area (Å²) in [7, 11) is 0. The van der Waals surface area contributed by atoms with E-state index in [0.717, 1.165) is 23.5 Å². The van der Waals surface area contributed by atoms with Gasteiger partial charge in [-0.15, -0.1) is 0 Å². The van der Waals surface area contributed by atoms with Gasteiger partial charge in [0.1, 0.15) is 0 Å². The maximum atomic E-state index is 10.8. The first-order chi connectivity index (χ1) is 7.24. The Bertz CT molecular complexity index is 488. The SMILES string of the molecule is Cc1cc(C=O)c(C)n1-c1cnccn1. The van der Waals surface area contributed by atoms with Gasteiger partial charge < -0.3 is 4.57 Å². The lowest BCUT2D eigenvalue weighted by molar-refractivity contribution is 0.112. The topological polar surface area (TPSA) is 47.8 Å². The smallest absolute Gasteiger partial charge is 0.155 e. The minimum atomic E-state index is 0.693. The van der Waals surface area contributed by atoms with Crippen molar-refractivity contribution in [2.75, 3.05) is 0 Å². The molecule has 0 N–H and O–H groups in total. The first-order valence-corrected chi connectivity index (χ1v) is 4.64. The van der Waals surface area contributed by atoms with Crippen LogP contribution < -0.4 is 0 Å². The van der Waals surface area contributed by atoms with E-state index in [0.29, 0.717) is 5.56 Å². The van der Waals surface area contributed by atoms with Crippen molar-refractivity contribution >= 4 is 6.29 Å². The molecule has 4 heteroatoms. The molecule has 0 bridgehead atoms. The lowest BCUT2D eigenvalue weighted by atomic mass is 10.3. The third kappa shape index (κ3) is 1.54. The van der Waals surface area contributed by atoms with Crippen LogP contribution in [-0.2, 0) is 0 Å². The molecule has 0 atom stereocenters. The maximum absolute atomic E-state index is 10.8. The summed E-state index contributed by atoms with van der Waals surface area (Å²) in [6.45, 7) is 3.83. The standard InChI is InChI=1S/C11H11N3O/c1-8-5-10(7-15)9(2)14(8)11-6-12-3-4-13-11/h3-7H,1-2H3. The number of hydrogen-bond acceptors (Lipinski definition) is 3. The molecule has 2 aromatic rings. The largest absolute Gasteiger partial charge is 0.301 e. The summed E-state index contributed by atoms with van der Waals surface area (Å²) in [6, 6.07) is 1.84. The maximum Gasteiger partial charge on any atom is 0.155 e. The van der Waals surface area contributed by atoms with E-state index < -0.39 is 0 Å². The highest BCUT2D eigenvalue weighted by atomic mass is 16.1. The van der Waals surface area contributed by atoms with E-state index in [1.165, 1.54) is 0 Å². The number of nitrogens with zero attached hydrogens (tertiary/aromatic N) is 3. The van der Waals surface area contributed by atoms with E-state index in [1.54, 1.807) is 18.6 Å².